The number of para-hydroxylation sites is 1. The van der Waals surface area contributed by atoms with E-state index >= 15 is 0 Å². The van der Waals surface area contributed by atoms with Gasteiger partial charge in [-0.3, -0.25) is 4.79 Å². The lowest BCUT2D eigenvalue weighted by molar-refractivity contribution is 0.0929. The van der Waals surface area contributed by atoms with Crippen molar-refractivity contribution in [1.82, 2.24) is 10.0 Å². The van der Waals surface area contributed by atoms with Crippen LogP contribution in [0.2, 0.25) is 0 Å². The molecule has 0 bridgehead atoms. The number of hydrogen-bond donors (Lipinski definition) is 2. The van der Waals surface area contributed by atoms with Crippen molar-refractivity contribution in [3.8, 4) is 0 Å². The summed E-state index contributed by atoms with van der Waals surface area (Å²) >= 11 is 0. The Bertz CT molecular complexity index is 958. The highest BCUT2D eigenvalue weighted by atomic mass is 32.2. The Balaban J connectivity index is 1.54. The summed E-state index contributed by atoms with van der Waals surface area (Å²) in [6.45, 7) is 2.13. The largest absolute Gasteiger partial charge is 0.451 e. The first-order valence-electron chi connectivity index (χ1n) is 7.79. The first kappa shape index (κ1) is 17.2. The summed E-state index contributed by atoms with van der Waals surface area (Å²) in [6.07, 6.45) is 0. The summed E-state index contributed by atoms with van der Waals surface area (Å²) in [7, 11) is -3.58. The van der Waals surface area contributed by atoms with Crippen molar-refractivity contribution >= 4 is 26.9 Å². The van der Waals surface area contributed by atoms with E-state index in [0.717, 1.165) is 10.9 Å². The van der Waals surface area contributed by atoms with Crippen molar-refractivity contribution in [3.05, 3.63) is 65.9 Å². The molecule has 0 aliphatic heterocycles. The second kappa shape index (κ2) is 7.08. The minimum Gasteiger partial charge on any atom is -0.451 e. The molecule has 1 aromatic heterocycles. The Morgan fingerprint density at radius 2 is 1.76 bits per heavy atom. The normalized spacial score (nSPS) is 11.6. The lowest BCUT2D eigenvalue weighted by Crippen LogP contribution is -2.34. The standard InChI is InChI=1S/C18H18N2O4S/c1-13-6-8-15(9-7-13)25(22,23)20-11-10-19-18(21)17-12-14-4-2-3-5-16(14)24-17/h2-9,12,20H,10-11H2,1H3,(H,19,21). The zero-order chi connectivity index (χ0) is 17.9. The maximum atomic E-state index is 12.1. The van der Waals surface area contributed by atoms with Crippen molar-refractivity contribution < 1.29 is 17.6 Å². The van der Waals surface area contributed by atoms with Gasteiger partial charge >= 0.3 is 0 Å². The van der Waals surface area contributed by atoms with E-state index in [1.165, 1.54) is 0 Å². The first-order chi connectivity index (χ1) is 12.0. The fourth-order valence-electron chi connectivity index (χ4n) is 2.34. The van der Waals surface area contributed by atoms with E-state index in [1.54, 1.807) is 36.4 Å². The molecule has 25 heavy (non-hydrogen) atoms. The van der Waals surface area contributed by atoms with Gasteiger partial charge in [0.25, 0.3) is 5.91 Å². The average molecular weight is 358 g/mol. The van der Waals surface area contributed by atoms with Crippen LogP contribution in [-0.4, -0.2) is 27.4 Å². The lowest BCUT2D eigenvalue weighted by Gasteiger charge is -2.07. The van der Waals surface area contributed by atoms with Gasteiger partial charge in [0.2, 0.25) is 10.0 Å². The van der Waals surface area contributed by atoms with Crippen molar-refractivity contribution in [1.29, 1.82) is 0 Å². The topological polar surface area (TPSA) is 88.4 Å². The Labute approximate surface area is 145 Å². The molecule has 0 aliphatic carbocycles. The van der Waals surface area contributed by atoms with E-state index in [4.69, 9.17) is 4.42 Å². The molecule has 0 atom stereocenters. The third-order valence-corrected chi connectivity index (χ3v) is 5.16. The molecule has 130 valence electrons. The van der Waals surface area contributed by atoms with Gasteiger partial charge in [-0.2, -0.15) is 0 Å². The number of fused-ring (bicyclic) bond motifs is 1. The minimum absolute atomic E-state index is 0.0855. The molecular formula is C18H18N2O4S. The van der Waals surface area contributed by atoms with Gasteiger partial charge in [-0.1, -0.05) is 35.9 Å². The van der Waals surface area contributed by atoms with Crippen LogP contribution in [0.15, 0.2) is 63.9 Å². The number of carbonyl (C=O) groups excluding carboxylic acids is 1. The molecule has 3 aromatic rings. The van der Waals surface area contributed by atoms with E-state index in [-0.39, 0.29) is 29.7 Å². The fraction of sp³-hybridized carbons (Fsp3) is 0.167. The molecule has 1 heterocycles. The smallest absolute Gasteiger partial charge is 0.287 e. The maximum absolute atomic E-state index is 12.1. The quantitative estimate of drug-likeness (QED) is 0.663. The molecule has 2 N–H and O–H groups in total. The molecule has 0 spiro atoms. The zero-order valence-corrected chi connectivity index (χ0v) is 14.5. The number of hydrogen-bond acceptors (Lipinski definition) is 4. The predicted octanol–water partition coefficient (Wildman–Crippen LogP) is 2.45. The van der Waals surface area contributed by atoms with Crippen LogP contribution in [0.5, 0.6) is 0 Å². The molecule has 7 heteroatoms. The fourth-order valence-corrected chi connectivity index (χ4v) is 3.37. The highest BCUT2D eigenvalue weighted by Crippen LogP contribution is 2.18. The van der Waals surface area contributed by atoms with E-state index in [1.807, 2.05) is 25.1 Å². The summed E-state index contributed by atoms with van der Waals surface area (Å²) < 4.78 is 32.2. The number of sulfonamides is 1. The molecular weight excluding hydrogens is 340 g/mol. The number of benzene rings is 2. The average Bonchev–Trinajstić information content (AvgIpc) is 3.03. The van der Waals surface area contributed by atoms with Crippen LogP contribution in [0.3, 0.4) is 0 Å². The van der Waals surface area contributed by atoms with Gasteiger partial charge in [0.15, 0.2) is 5.76 Å². The van der Waals surface area contributed by atoms with Gasteiger partial charge in [0, 0.05) is 18.5 Å². The third-order valence-electron chi connectivity index (χ3n) is 3.68. The SMILES string of the molecule is Cc1ccc(S(=O)(=O)NCCNC(=O)c2cc3ccccc3o2)cc1. The highest BCUT2D eigenvalue weighted by molar-refractivity contribution is 7.89. The number of furan rings is 1. The number of carbonyl (C=O) groups is 1. The predicted molar refractivity (Wildman–Crippen MR) is 94.9 cm³/mol. The third kappa shape index (κ3) is 4.07. The molecule has 0 radical (unpaired) electrons. The zero-order valence-electron chi connectivity index (χ0n) is 13.7. The summed E-state index contributed by atoms with van der Waals surface area (Å²) in [5, 5.41) is 3.47. The van der Waals surface area contributed by atoms with Crippen LogP contribution >= 0.6 is 0 Å². The van der Waals surface area contributed by atoms with Gasteiger partial charge < -0.3 is 9.73 Å². The first-order valence-corrected chi connectivity index (χ1v) is 9.27. The number of nitrogens with one attached hydrogen (secondary N) is 2. The monoisotopic (exact) mass is 358 g/mol. The molecule has 0 fully saturated rings. The van der Waals surface area contributed by atoms with Crippen molar-refractivity contribution in [2.24, 2.45) is 0 Å². The second-order valence-electron chi connectivity index (χ2n) is 5.62. The van der Waals surface area contributed by atoms with Gasteiger partial charge in [0.05, 0.1) is 4.90 Å². The van der Waals surface area contributed by atoms with Crippen LogP contribution in [-0.2, 0) is 10.0 Å². The lowest BCUT2D eigenvalue weighted by atomic mass is 10.2. The Morgan fingerprint density at radius 3 is 2.48 bits per heavy atom. The Kier molecular flexibility index (Phi) is 4.87. The molecule has 6 nitrogen and oxygen atoms in total. The van der Waals surface area contributed by atoms with E-state index in [2.05, 4.69) is 10.0 Å². The van der Waals surface area contributed by atoms with E-state index in [0.29, 0.717) is 5.58 Å². The minimum atomic E-state index is -3.58. The Morgan fingerprint density at radius 1 is 1.04 bits per heavy atom. The summed E-state index contributed by atoms with van der Waals surface area (Å²) in [5.41, 5.74) is 1.62. The van der Waals surface area contributed by atoms with Crippen molar-refractivity contribution in [3.63, 3.8) is 0 Å². The molecule has 0 saturated carbocycles. The molecule has 2 aromatic carbocycles. The van der Waals surface area contributed by atoms with E-state index in [9.17, 15) is 13.2 Å². The van der Waals surface area contributed by atoms with Crippen molar-refractivity contribution in [2.75, 3.05) is 13.1 Å². The highest BCUT2D eigenvalue weighted by Gasteiger charge is 2.14. The van der Waals surface area contributed by atoms with Crippen LogP contribution in [0.1, 0.15) is 16.1 Å². The molecule has 1 amide bonds. The summed E-state index contributed by atoms with van der Waals surface area (Å²) in [6, 6.07) is 15.5. The van der Waals surface area contributed by atoms with Gasteiger partial charge in [-0.25, -0.2) is 13.1 Å². The molecule has 0 unspecified atom stereocenters. The number of amides is 1. The summed E-state index contributed by atoms with van der Waals surface area (Å²) in [4.78, 5) is 12.3. The van der Waals surface area contributed by atoms with Crippen LogP contribution in [0, 0.1) is 6.92 Å². The number of aryl methyl sites for hydroxylation is 1. The van der Waals surface area contributed by atoms with Gasteiger partial charge in [-0.15, -0.1) is 0 Å². The maximum Gasteiger partial charge on any atom is 0.287 e. The summed E-state index contributed by atoms with van der Waals surface area (Å²) in [5.74, 6) is -0.187. The molecule has 0 saturated heterocycles. The van der Waals surface area contributed by atoms with Gasteiger partial charge in [0.1, 0.15) is 5.58 Å². The second-order valence-corrected chi connectivity index (χ2v) is 7.38. The number of rotatable bonds is 6. The van der Waals surface area contributed by atoms with Crippen LogP contribution in [0.4, 0.5) is 0 Å². The van der Waals surface area contributed by atoms with Crippen LogP contribution in [0.25, 0.3) is 11.0 Å². The van der Waals surface area contributed by atoms with Crippen LogP contribution < -0.4 is 10.0 Å². The van der Waals surface area contributed by atoms with Gasteiger partial charge in [-0.05, 0) is 31.2 Å². The Hall–Kier alpha value is -2.64. The van der Waals surface area contributed by atoms with Crippen molar-refractivity contribution in [2.45, 2.75) is 11.8 Å². The van der Waals surface area contributed by atoms with E-state index < -0.39 is 10.0 Å². The molecule has 3 rings (SSSR count). The molecule has 0 aliphatic rings.